The number of ketones is 1. The molecule has 1 saturated heterocycles. The summed E-state index contributed by atoms with van der Waals surface area (Å²) in [6.45, 7) is 1.19. The number of hydrogen-bond acceptors (Lipinski definition) is 5. The van der Waals surface area contributed by atoms with Crippen LogP contribution in [0.1, 0.15) is 39.3 Å². The maximum atomic E-state index is 12.7. The predicted molar refractivity (Wildman–Crippen MR) is 108 cm³/mol. The topological polar surface area (TPSA) is 115 Å². The Hall–Kier alpha value is -2.42. The molecule has 154 valence electrons. The van der Waals surface area contributed by atoms with Gasteiger partial charge in [0.05, 0.1) is 28.4 Å². The highest BCUT2D eigenvalue weighted by Crippen LogP contribution is 2.26. The lowest BCUT2D eigenvalue weighted by atomic mass is 10.0. The van der Waals surface area contributed by atoms with Crippen LogP contribution in [0.15, 0.2) is 24.4 Å². The van der Waals surface area contributed by atoms with Crippen molar-refractivity contribution in [3.05, 3.63) is 51.3 Å². The highest BCUT2D eigenvalue weighted by molar-refractivity contribution is 6.39. The van der Waals surface area contributed by atoms with Gasteiger partial charge in [0, 0.05) is 31.1 Å². The molecule has 2 aromatic rings. The Morgan fingerprint density at radius 3 is 2.48 bits per heavy atom. The first-order chi connectivity index (χ1) is 13.8. The second kappa shape index (κ2) is 9.39. The zero-order valence-corrected chi connectivity index (χ0v) is 17.0. The molecule has 0 atom stereocenters. The van der Waals surface area contributed by atoms with Gasteiger partial charge < -0.3 is 10.4 Å². The lowest BCUT2D eigenvalue weighted by Gasteiger charge is -2.31. The van der Waals surface area contributed by atoms with Gasteiger partial charge in [0.1, 0.15) is 5.69 Å². The summed E-state index contributed by atoms with van der Waals surface area (Å²) in [7, 11) is 0. The van der Waals surface area contributed by atoms with E-state index in [1.807, 2.05) is 4.90 Å². The van der Waals surface area contributed by atoms with Crippen molar-refractivity contribution in [1.82, 2.24) is 20.4 Å². The molecule has 8 nitrogen and oxygen atoms in total. The molecule has 29 heavy (non-hydrogen) atoms. The number of carbonyl (C=O) groups excluding carboxylic acids is 2. The van der Waals surface area contributed by atoms with Crippen molar-refractivity contribution in [2.75, 3.05) is 19.6 Å². The maximum absolute atomic E-state index is 12.7. The molecule has 0 radical (unpaired) electrons. The van der Waals surface area contributed by atoms with Crippen molar-refractivity contribution >= 4 is 40.9 Å². The highest BCUT2D eigenvalue weighted by Gasteiger charge is 2.25. The molecule has 0 saturated carbocycles. The summed E-state index contributed by atoms with van der Waals surface area (Å²) < 4.78 is 0. The van der Waals surface area contributed by atoms with Crippen LogP contribution in [0.4, 0.5) is 0 Å². The second-order valence-corrected chi connectivity index (χ2v) is 7.70. The van der Waals surface area contributed by atoms with Crippen molar-refractivity contribution in [2.45, 2.75) is 25.3 Å². The van der Waals surface area contributed by atoms with Crippen LogP contribution in [0.3, 0.4) is 0 Å². The van der Waals surface area contributed by atoms with E-state index >= 15 is 0 Å². The Kier molecular flexibility index (Phi) is 6.89. The summed E-state index contributed by atoms with van der Waals surface area (Å²) in [6.07, 6.45) is 2.67. The molecule has 10 heteroatoms. The van der Waals surface area contributed by atoms with Crippen molar-refractivity contribution in [1.29, 1.82) is 0 Å². The first-order valence-corrected chi connectivity index (χ1v) is 9.85. The van der Waals surface area contributed by atoms with E-state index in [-0.39, 0.29) is 52.0 Å². The number of aromatic amines is 1. The van der Waals surface area contributed by atoms with Crippen molar-refractivity contribution in [2.24, 2.45) is 0 Å². The number of carboxylic acid groups (broad SMARTS) is 1. The smallest absolute Gasteiger partial charge is 0.317 e. The monoisotopic (exact) mass is 438 g/mol. The van der Waals surface area contributed by atoms with E-state index in [4.69, 9.17) is 28.3 Å². The van der Waals surface area contributed by atoms with Gasteiger partial charge in [-0.2, -0.15) is 5.10 Å². The third-order valence-corrected chi connectivity index (χ3v) is 5.45. The minimum absolute atomic E-state index is 0.00191. The molecule has 0 unspecified atom stereocenters. The van der Waals surface area contributed by atoms with Gasteiger partial charge in [0.25, 0.3) is 5.91 Å². The number of Topliss-reactive ketones (excluding diaryl/α,β-unsaturated/α-hetero) is 1. The van der Waals surface area contributed by atoms with Gasteiger partial charge >= 0.3 is 5.97 Å². The van der Waals surface area contributed by atoms with Gasteiger partial charge in [-0.15, -0.1) is 0 Å². The van der Waals surface area contributed by atoms with Crippen LogP contribution in [0.25, 0.3) is 0 Å². The lowest BCUT2D eigenvalue weighted by Crippen LogP contribution is -2.46. The normalized spacial score (nSPS) is 15.2. The minimum Gasteiger partial charge on any atom is -0.480 e. The molecule has 1 aliphatic rings. The summed E-state index contributed by atoms with van der Waals surface area (Å²) in [5.74, 6) is -1.52. The number of nitrogens with one attached hydrogen (secondary N) is 2. The molecular weight excluding hydrogens is 419 g/mol. The number of piperidine rings is 1. The Labute approximate surface area is 177 Å². The number of benzene rings is 1. The average molecular weight is 439 g/mol. The zero-order valence-electron chi connectivity index (χ0n) is 15.5. The molecule has 3 N–H and O–H groups in total. The Morgan fingerprint density at radius 1 is 1.21 bits per heavy atom. The summed E-state index contributed by atoms with van der Waals surface area (Å²) in [6, 6.07) is 4.75. The number of nitrogens with zero attached hydrogens (tertiary/aromatic N) is 2. The highest BCUT2D eigenvalue weighted by atomic mass is 35.5. The zero-order chi connectivity index (χ0) is 21.0. The van der Waals surface area contributed by atoms with Gasteiger partial charge in [0.2, 0.25) is 0 Å². The number of aliphatic carboxylic acids is 1. The van der Waals surface area contributed by atoms with Gasteiger partial charge in [-0.1, -0.05) is 29.3 Å². The lowest BCUT2D eigenvalue weighted by molar-refractivity contribution is -0.138. The molecule has 1 aliphatic heterocycles. The van der Waals surface area contributed by atoms with Gasteiger partial charge in [-0.25, -0.2) is 0 Å². The van der Waals surface area contributed by atoms with Crippen molar-refractivity contribution in [3.8, 4) is 0 Å². The van der Waals surface area contributed by atoms with E-state index in [0.717, 1.165) is 0 Å². The Balaban J connectivity index is 1.62. The number of carboxylic acids is 1. The van der Waals surface area contributed by atoms with E-state index < -0.39 is 5.97 Å². The van der Waals surface area contributed by atoms with Crippen molar-refractivity contribution in [3.63, 3.8) is 0 Å². The average Bonchev–Trinajstić information content (AvgIpc) is 3.11. The molecule has 1 aromatic heterocycles. The summed E-state index contributed by atoms with van der Waals surface area (Å²) in [5, 5.41) is 18.8. The van der Waals surface area contributed by atoms with Crippen molar-refractivity contribution < 1.29 is 19.5 Å². The third-order valence-electron chi connectivity index (χ3n) is 4.82. The SMILES string of the molecule is O=C(O)CN1CCC(NC(=O)c2[nH]ncc2CC(=O)c2c(Cl)cccc2Cl)CC1. The molecule has 1 aromatic carbocycles. The van der Waals surface area contributed by atoms with Crippen LogP contribution in [0.2, 0.25) is 10.0 Å². The molecule has 1 amide bonds. The molecular formula is C19H20Cl2N4O4. The van der Waals surface area contributed by atoms with Gasteiger partial charge in [0.15, 0.2) is 5.78 Å². The quantitative estimate of drug-likeness (QED) is 0.571. The fourth-order valence-corrected chi connectivity index (χ4v) is 3.96. The fraction of sp³-hybridized carbons (Fsp3) is 0.368. The van der Waals surface area contributed by atoms with Gasteiger partial charge in [-0.3, -0.25) is 24.4 Å². The van der Waals surface area contributed by atoms with Gasteiger partial charge in [-0.05, 0) is 25.0 Å². The van der Waals surface area contributed by atoms with Crippen LogP contribution in [-0.2, 0) is 11.2 Å². The maximum Gasteiger partial charge on any atom is 0.317 e. The molecule has 1 fully saturated rings. The molecule has 0 aliphatic carbocycles. The number of aromatic nitrogens is 2. The number of halogens is 2. The van der Waals surface area contributed by atoms with E-state index in [2.05, 4.69) is 15.5 Å². The van der Waals surface area contributed by atoms with E-state index in [0.29, 0.717) is 31.5 Å². The van der Waals surface area contributed by atoms with Crippen LogP contribution < -0.4 is 5.32 Å². The van der Waals surface area contributed by atoms with E-state index in [9.17, 15) is 14.4 Å². The summed E-state index contributed by atoms with van der Waals surface area (Å²) in [4.78, 5) is 37.9. The van der Waals surface area contributed by atoms with Crippen LogP contribution >= 0.6 is 23.2 Å². The molecule has 2 heterocycles. The minimum atomic E-state index is -0.863. The standard InChI is InChI=1S/C19H20Cl2N4O4/c20-13-2-1-3-14(21)17(13)15(26)8-11-9-22-24-18(11)19(29)23-12-4-6-25(7-5-12)10-16(27)28/h1-3,9,12H,4-8,10H2,(H,22,24)(H,23,29)(H,27,28). The van der Waals surface area contributed by atoms with E-state index in [1.165, 1.54) is 6.20 Å². The molecule has 0 spiro atoms. The number of rotatable bonds is 7. The van der Waals surface area contributed by atoms with E-state index in [1.54, 1.807) is 18.2 Å². The number of H-pyrrole nitrogens is 1. The number of likely N-dealkylation sites (tertiary alicyclic amines) is 1. The third kappa shape index (κ3) is 5.35. The second-order valence-electron chi connectivity index (χ2n) is 6.88. The van der Waals surface area contributed by atoms with Crippen LogP contribution in [0.5, 0.6) is 0 Å². The molecule has 0 bridgehead atoms. The largest absolute Gasteiger partial charge is 0.480 e. The number of hydrogen-bond donors (Lipinski definition) is 3. The number of carbonyl (C=O) groups is 3. The Bertz CT molecular complexity index is 902. The fourth-order valence-electron chi connectivity index (χ4n) is 3.35. The first kappa shape index (κ1) is 21.3. The molecule has 3 rings (SSSR count). The Morgan fingerprint density at radius 2 is 1.86 bits per heavy atom. The van der Waals surface area contributed by atoms with Crippen LogP contribution in [-0.4, -0.2) is 63.5 Å². The first-order valence-electron chi connectivity index (χ1n) is 9.09. The number of amides is 1. The summed E-state index contributed by atoms with van der Waals surface area (Å²) in [5.41, 5.74) is 0.885. The van der Waals surface area contributed by atoms with Crippen LogP contribution in [0, 0.1) is 0 Å². The summed E-state index contributed by atoms with van der Waals surface area (Å²) >= 11 is 12.2. The predicted octanol–water partition coefficient (Wildman–Crippen LogP) is 2.42.